The zero-order chi connectivity index (χ0) is 22.3. The summed E-state index contributed by atoms with van der Waals surface area (Å²) in [5.74, 6) is 0.422. The number of carbonyl (C=O) groups excluding carboxylic acids is 1. The van der Waals surface area contributed by atoms with Gasteiger partial charge in [-0.1, -0.05) is 11.6 Å². The van der Waals surface area contributed by atoms with Crippen molar-refractivity contribution >= 4 is 29.3 Å². The lowest BCUT2D eigenvalue weighted by Gasteiger charge is -2.14. The molecule has 1 N–H and O–H groups in total. The van der Waals surface area contributed by atoms with Crippen LogP contribution in [0.15, 0.2) is 36.4 Å². The van der Waals surface area contributed by atoms with E-state index >= 15 is 0 Å². The molecule has 2 rings (SSSR count). The molecule has 0 aromatic heterocycles. The molecule has 1 amide bonds. The molecule has 0 saturated carbocycles. The Kier molecular flexibility index (Phi) is 7.82. The average molecular weight is 446 g/mol. The largest absolute Gasteiger partial charge is 0.493 e. The van der Waals surface area contributed by atoms with E-state index in [1.165, 1.54) is 51.7 Å². The molecular weight excluding hydrogens is 427 g/mol. The molecule has 0 aliphatic heterocycles. The molecule has 0 atom stereocenters. The first-order valence-corrected chi connectivity index (χ1v) is 8.82. The molecule has 0 heterocycles. The second kappa shape index (κ2) is 10.1. The molecule has 0 radical (unpaired) electrons. The number of rotatable bonds is 8. The lowest BCUT2D eigenvalue weighted by atomic mass is 10.1. The molecule has 10 heteroatoms. The number of methoxy groups -OCH3 is 3. The fourth-order valence-corrected chi connectivity index (χ4v) is 2.60. The number of carbonyl (C=O) groups is 1. The quantitative estimate of drug-likeness (QED) is 0.582. The van der Waals surface area contributed by atoms with E-state index in [-0.39, 0.29) is 16.5 Å². The summed E-state index contributed by atoms with van der Waals surface area (Å²) in [5.41, 5.74) is 0.575. The van der Waals surface area contributed by atoms with Crippen molar-refractivity contribution in [2.24, 2.45) is 0 Å². The maximum Gasteiger partial charge on any atom is 0.422 e. The molecule has 162 valence electrons. The first-order chi connectivity index (χ1) is 14.2. The standard InChI is InChI=1S/C20H19ClF3NO5/c1-27-16-8-12(9-17(28-2)19(16)29-3)4-7-18(26)25-14-10-13(21)5-6-15(14)30-11-20(22,23)24/h4-10H,11H2,1-3H3,(H,25,26)/b7-4+. The van der Waals surface area contributed by atoms with Gasteiger partial charge in [-0.15, -0.1) is 0 Å². The van der Waals surface area contributed by atoms with Crippen molar-refractivity contribution in [1.29, 1.82) is 0 Å². The molecule has 0 fully saturated rings. The van der Waals surface area contributed by atoms with Crippen molar-refractivity contribution in [3.63, 3.8) is 0 Å². The predicted octanol–water partition coefficient (Wildman–Crippen LogP) is 4.96. The Morgan fingerprint density at radius 2 is 1.67 bits per heavy atom. The molecular formula is C20H19ClF3NO5. The topological polar surface area (TPSA) is 66.0 Å². The maximum absolute atomic E-state index is 12.4. The number of ether oxygens (including phenoxy) is 4. The smallest absolute Gasteiger partial charge is 0.422 e. The fraction of sp³-hybridized carbons (Fsp3) is 0.250. The van der Waals surface area contributed by atoms with Gasteiger partial charge in [0, 0.05) is 11.1 Å². The van der Waals surface area contributed by atoms with E-state index in [1.54, 1.807) is 12.1 Å². The number of nitrogens with one attached hydrogen (secondary N) is 1. The van der Waals surface area contributed by atoms with Crippen LogP contribution in [0.5, 0.6) is 23.0 Å². The summed E-state index contributed by atoms with van der Waals surface area (Å²) in [6, 6.07) is 7.14. The molecule has 30 heavy (non-hydrogen) atoms. The summed E-state index contributed by atoms with van der Waals surface area (Å²) in [6.45, 7) is -1.50. The van der Waals surface area contributed by atoms with E-state index in [2.05, 4.69) is 5.32 Å². The first-order valence-electron chi connectivity index (χ1n) is 8.45. The third-order valence-corrected chi connectivity index (χ3v) is 3.94. The van der Waals surface area contributed by atoms with E-state index in [4.69, 9.17) is 30.5 Å². The highest BCUT2D eigenvalue weighted by atomic mass is 35.5. The van der Waals surface area contributed by atoms with Crippen molar-refractivity contribution < 1.29 is 36.9 Å². The van der Waals surface area contributed by atoms with Gasteiger partial charge in [0.05, 0.1) is 27.0 Å². The number of hydrogen-bond donors (Lipinski definition) is 1. The highest BCUT2D eigenvalue weighted by molar-refractivity contribution is 6.31. The van der Waals surface area contributed by atoms with E-state index in [0.717, 1.165) is 0 Å². The van der Waals surface area contributed by atoms with Crippen molar-refractivity contribution in [2.45, 2.75) is 6.18 Å². The van der Waals surface area contributed by atoms with Crippen molar-refractivity contribution in [2.75, 3.05) is 33.3 Å². The van der Waals surface area contributed by atoms with E-state index < -0.39 is 18.7 Å². The minimum atomic E-state index is -4.52. The van der Waals surface area contributed by atoms with E-state index in [0.29, 0.717) is 22.8 Å². The van der Waals surface area contributed by atoms with Crippen LogP contribution in [0.25, 0.3) is 6.08 Å². The summed E-state index contributed by atoms with van der Waals surface area (Å²) in [7, 11) is 4.38. The Bertz CT molecular complexity index is 906. The SMILES string of the molecule is COc1cc(/C=C/C(=O)Nc2cc(Cl)ccc2OCC(F)(F)F)cc(OC)c1OC. The molecule has 0 aliphatic carbocycles. The lowest BCUT2D eigenvalue weighted by Crippen LogP contribution is -2.20. The summed E-state index contributed by atoms with van der Waals surface area (Å²) in [6.07, 6.45) is -1.86. The van der Waals surface area contributed by atoms with Gasteiger partial charge in [-0.2, -0.15) is 13.2 Å². The molecule has 0 saturated heterocycles. The molecule has 0 aliphatic rings. The number of alkyl halides is 3. The van der Waals surface area contributed by atoms with Gasteiger partial charge in [-0.25, -0.2) is 0 Å². The number of hydrogen-bond acceptors (Lipinski definition) is 5. The summed E-state index contributed by atoms with van der Waals surface area (Å²) < 4.78 is 57.7. The van der Waals surface area contributed by atoms with Crippen molar-refractivity contribution in [3.8, 4) is 23.0 Å². The van der Waals surface area contributed by atoms with Gasteiger partial charge in [0.1, 0.15) is 5.75 Å². The van der Waals surface area contributed by atoms with Crippen LogP contribution in [0.1, 0.15) is 5.56 Å². The van der Waals surface area contributed by atoms with Gasteiger partial charge in [-0.3, -0.25) is 4.79 Å². The number of benzene rings is 2. The molecule has 6 nitrogen and oxygen atoms in total. The van der Waals surface area contributed by atoms with Gasteiger partial charge >= 0.3 is 6.18 Å². The van der Waals surface area contributed by atoms with Crippen LogP contribution in [0.2, 0.25) is 5.02 Å². The second-order valence-corrected chi connectivity index (χ2v) is 6.26. The van der Waals surface area contributed by atoms with Gasteiger partial charge in [0.25, 0.3) is 0 Å². The van der Waals surface area contributed by atoms with Gasteiger partial charge in [0.15, 0.2) is 18.1 Å². The third-order valence-electron chi connectivity index (χ3n) is 3.71. The Hall–Kier alpha value is -3.07. The van der Waals surface area contributed by atoms with Crippen LogP contribution in [-0.4, -0.2) is 40.0 Å². The first kappa shape index (κ1) is 23.2. The predicted molar refractivity (Wildman–Crippen MR) is 107 cm³/mol. The van der Waals surface area contributed by atoms with Crippen LogP contribution in [0.3, 0.4) is 0 Å². The number of amides is 1. The lowest BCUT2D eigenvalue weighted by molar-refractivity contribution is -0.153. The molecule has 0 spiro atoms. The minimum Gasteiger partial charge on any atom is -0.493 e. The Balaban J connectivity index is 2.20. The van der Waals surface area contributed by atoms with Crippen molar-refractivity contribution in [1.82, 2.24) is 0 Å². The summed E-state index contributed by atoms with van der Waals surface area (Å²) in [4.78, 5) is 12.3. The maximum atomic E-state index is 12.4. The zero-order valence-electron chi connectivity index (χ0n) is 16.3. The van der Waals surface area contributed by atoms with Crippen molar-refractivity contribution in [3.05, 3.63) is 47.0 Å². The van der Waals surface area contributed by atoms with Crippen LogP contribution in [-0.2, 0) is 4.79 Å². The Morgan fingerprint density at radius 1 is 1.03 bits per heavy atom. The average Bonchev–Trinajstić information content (AvgIpc) is 2.70. The highest BCUT2D eigenvalue weighted by Crippen LogP contribution is 2.38. The zero-order valence-corrected chi connectivity index (χ0v) is 17.1. The molecule has 0 bridgehead atoms. The number of anilines is 1. The fourth-order valence-electron chi connectivity index (χ4n) is 2.43. The van der Waals surface area contributed by atoms with Gasteiger partial charge in [-0.05, 0) is 42.0 Å². The summed E-state index contributed by atoms with van der Waals surface area (Å²) >= 11 is 5.87. The Labute approximate surface area is 176 Å². The summed E-state index contributed by atoms with van der Waals surface area (Å²) in [5, 5.41) is 2.67. The van der Waals surface area contributed by atoms with Crippen LogP contribution < -0.4 is 24.3 Å². The van der Waals surface area contributed by atoms with Crippen LogP contribution >= 0.6 is 11.6 Å². The number of halogens is 4. The third kappa shape index (κ3) is 6.48. The van der Waals surface area contributed by atoms with Gasteiger partial charge < -0.3 is 24.3 Å². The van der Waals surface area contributed by atoms with E-state index in [9.17, 15) is 18.0 Å². The van der Waals surface area contributed by atoms with E-state index in [1.807, 2.05) is 0 Å². The molecule has 2 aromatic carbocycles. The van der Waals surface area contributed by atoms with Gasteiger partial charge in [0.2, 0.25) is 11.7 Å². The molecule has 0 unspecified atom stereocenters. The minimum absolute atomic E-state index is 0.00583. The Morgan fingerprint density at radius 3 is 2.20 bits per heavy atom. The second-order valence-electron chi connectivity index (χ2n) is 5.83. The van der Waals surface area contributed by atoms with Crippen LogP contribution in [0.4, 0.5) is 18.9 Å². The van der Waals surface area contributed by atoms with Crippen LogP contribution in [0, 0.1) is 0 Å². The highest BCUT2D eigenvalue weighted by Gasteiger charge is 2.29. The molecule has 2 aromatic rings. The normalized spacial score (nSPS) is 11.3. The monoisotopic (exact) mass is 445 g/mol.